The van der Waals surface area contributed by atoms with Crippen LogP contribution in [0.5, 0.6) is 0 Å². The van der Waals surface area contributed by atoms with Gasteiger partial charge in [-0.15, -0.1) is 0 Å². The monoisotopic (exact) mass is 322 g/mol. The first-order chi connectivity index (χ1) is 10.6. The molecule has 2 atom stereocenters. The zero-order valence-corrected chi connectivity index (χ0v) is 15.2. The fourth-order valence-corrected chi connectivity index (χ4v) is 2.83. The van der Waals surface area contributed by atoms with Crippen molar-refractivity contribution >= 4 is 6.09 Å². The van der Waals surface area contributed by atoms with Crippen LogP contribution in [0.2, 0.25) is 0 Å². The molecule has 1 saturated heterocycles. The molecule has 1 amide bonds. The average Bonchev–Trinajstić information content (AvgIpc) is 3.01. The van der Waals surface area contributed by atoms with Gasteiger partial charge in [0, 0.05) is 44.5 Å². The Hall–Kier alpha value is -1.56. The third kappa shape index (κ3) is 4.96. The van der Waals surface area contributed by atoms with Gasteiger partial charge in [0.2, 0.25) is 0 Å². The van der Waals surface area contributed by atoms with Crippen molar-refractivity contribution in [2.75, 3.05) is 19.6 Å². The highest BCUT2D eigenvalue weighted by Crippen LogP contribution is 2.31. The Kier molecular flexibility index (Phi) is 5.04. The summed E-state index contributed by atoms with van der Waals surface area (Å²) in [6.45, 7) is 12.4. The number of rotatable bonds is 4. The number of carbonyl (C=O) groups is 1. The minimum atomic E-state index is -0.441. The maximum absolute atomic E-state index is 12.2. The SMILES string of the molecule is CC(NCC1(C)CCN(C(=O)OC(C)(C)C)C1)c1cnn(C)c1. The summed E-state index contributed by atoms with van der Waals surface area (Å²) in [5.41, 5.74) is 0.814. The van der Waals surface area contributed by atoms with Crippen LogP contribution in [0.15, 0.2) is 12.4 Å². The Bertz CT molecular complexity index is 549. The second kappa shape index (κ2) is 6.51. The minimum absolute atomic E-state index is 0.0768. The average molecular weight is 322 g/mol. The fourth-order valence-electron chi connectivity index (χ4n) is 2.83. The molecule has 0 saturated carbocycles. The van der Waals surface area contributed by atoms with E-state index in [1.54, 1.807) is 0 Å². The Balaban J connectivity index is 1.85. The molecule has 1 aliphatic rings. The maximum Gasteiger partial charge on any atom is 0.410 e. The maximum atomic E-state index is 12.2. The van der Waals surface area contributed by atoms with Crippen LogP contribution >= 0.6 is 0 Å². The number of hydrogen-bond donors (Lipinski definition) is 1. The van der Waals surface area contributed by atoms with Crippen molar-refractivity contribution in [2.45, 2.75) is 52.7 Å². The molecule has 1 aromatic heterocycles. The van der Waals surface area contributed by atoms with Crippen LogP contribution in [0.4, 0.5) is 4.79 Å². The first-order valence-electron chi connectivity index (χ1n) is 8.28. The number of nitrogens with one attached hydrogen (secondary N) is 1. The standard InChI is InChI=1S/C17H30N4O2/c1-13(14-9-19-20(6)10-14)18-11-17(5)7-8-21(12-17)15(22)23-16(2,3)4/h9-10,13,18H,7-8,11-12H2,1-6H3. The first kappa shape index (κ1) is 17.8. The fraction of sp³-hybridized carbons (Fsp3) is 0.765. The molecule has 0 bridgehead atoms. The van der Waals surface area contributed by atoms with E-state index >= 15 is 0 Å². The molecule has 23 heavy (non-hydrogen) atoms. The molecule has 1 aromatic rings. The van der Waals surface area contributed by atoms with Crippen LogP contribution in [0, 0.1) is 5.41 Å². The normalized spacial score (nSPS) is 23.1. The Morgan fingerprint density at radius 3 is 2.78 bits per heavy atom. The van der Waals surface area contributed by atoms with Crippen molar-refractivity contribution in [1.29, 1.82) is 0 Å². The second-order valence-corrected chi connectivity index (χ2v) is 8.01. The number of aromatic nitrogens is 2. The van der Waals surface area contributed by atoms with Crippen LogP contribution in [-0.2, 0) is 11.8 Å². The van der Waals surface area contributed by atoms with E-state index in [0.29, 0.717) is 0 Å². The van der Waals surface area contributed by atoms with Gasteiger partial charge in [-0.2, -0.15) is 5.10 Å². The summed E-state index contributed by atoms with van der Waals surface area (Å²) in [4.78, 5) is 14.0. The molecule has 1 fully saturated rings. The smallest absolute Gasteiger partial charge is 0.410 e. The van der Waals surface area contributed by atoms with Gasteiger partial charge in [0.25, 0.3) is 0 Å². The summed E-state index contributed by atoms with van der Waals surface area (Å²) in [6.07, 6.45) is 4.70. The highest BCUT2D eigenvalue weighted by Gasteiger charge is 2.37. The van der Waals surface area contributed by atoms with Gasteiger partial charge in [-0.25, -0.2) is 4.79 Å². The second-order valence-electron chi connectivity index (χ2n) is 8.01. The third-order valence-corrected chi connectivity index (χ3v) is 4.27. The summed E-state index contributed by atoms with van der Waals surface area (Å²) in [7, 11) is 1.92. The summed E-state index contributed by atoms with van der Waals surface area (Å²) in [5, 5.41) is 7.78. The Morgan fingerprint density at radius 1 is 1.52 bits per heavy atom. The van der Waals surface area contributed by atoms with Crippen LogP contribution in [-0.4, -0.2) is 46.0 Å². The number of ether oxygens (including phenoxy) is 1. The van der Waals surface area contributed by atoms with Gasteiger partial charge in [0.15, 0.2) is 0 Å². The molecule has 0 aromatic carbocycles. The van der Waals surface area contributed by atoms with E-state index < -0.39 is 5.60 Å². The highest BCUT2D eigenvalue weighted by molar-refractivity contribution is 5.68. The summed E-state index contributed by atoms with van der Waals surface area (Å²) < 4.78 is 7.28. The molecular formula is C17H30N4O2. The van der Waals surface area contributed by atoms with E-state index in [1.165, 1.54) is 5.56 Å². The summed E-state index contributed by atoms with van der Waals surface area (Å²) >= 11 is 0. The molecule has 1 aliphatic heterocycles. The van der Waals surface area contributed by atoms with E-state index in [-0.39, 0.29) is 17.6 Å². The van der Waals surface area contributed by atoms with E-state index in [9.17, 15) is 4.79 Å². The minimum Gasteiger partial charge on any atom is -0.444 e. The molecular weight excluding hydrogens is 292 g/mol. The molecule has 2 rings (SSSR count). The quantitative estimate of drug-likeness (QED) is 0.926. The molecule has 0 spiro atoms. The Morgan fingerprint density at radius 2 is 2.22 bits per heavy atom. The number of carbonyl (C=O) groups excluding carboxylic acids is 1. The van der Waals surface area contributed by atoms with Gasteiger partial charge in [-0.3, -0.25) is 4.68 Å². The molecule has 1 N–H and O–H groups in total. The summed E-state index contributed by atoms with van der Waals surface area (Å²) in [5.74, 6) is 0. The molecule has 2 unspecified atom stereocenters. The van der Waals surface area contributed by atoms with Crippen molar-refractivity contribution in [3.05, 3.63) is 18.0 Å². The van der Waals surface area contributed by atoms with Crippen molar-refractivity contribution < 1.29 is 9.53 Å². The molecule has 2 heterocycles. The van der Waals surface area contributed by atoms with Crippen LogP contribution in [0.1, 0.15) is 52.6 Å². The predicted molar refractivity (Wildman–Crippen MR) is 90.2 cm³/mol. The van der Waals surface area contributed by atoms with Crippen LogP contribution in [0.3, 0.4) is 0 Å². The third-order valence-electron chi connectivity index (χ3n) is 4.27. The topological polar surface area (TPSA) is 59.4 Å². The van der Waals surface area contributed by atoms with E-state index in [1.807, 2.05) is 49.8 Å². The molecule has 130 valence electrons. The van der Waals surface area contributed by atoms with Crippen LogP contribution < -0.4 is 5.32 Å². The van der Waals surface area contributed by atoms with Crippen molar-refractivity contribution in [2.24, 2.45) is 12.5 Å². The largest absolute Gasteiger partial charge is 0.444 e. The van der Waals surface area contributed by atoms with E-state index in [2.05, 4.69) is 24.3 Å². The highest BCUT2D eigenvalue weighted by atomic mass is 16.6. The van der Waals surface area contributed by atoms with Crippen molar-refractivity contribution in [3.63, 3.8) is 0 Å². The summed E-state index contributed by atoms with van der Waals surface area (Å²) in [6, 6.07) is 0.246. The number of nitrogens with zero attached hydrogens (tertiary/aromatic N) is 3. The Labute approximate surface area is 139 Å². The van der Waals surface area contributed by atoms with E-state index in [0.717, 1.165) is 26.1 Å². The lowest BCUT2D eigenvalue weighted by atomic mass is 9.89. The zero-order chi connectivity index (χ0) is 17.3. The van der Waals surface area contributed by atoms with Gasteiger partial charge < -0.3 is 15.0 Å². The number of amides is 1. The van der Waals surface area contributed by atoms with Crippen molar-refractivity contribution in [3.8, 4) is 0 Å². The van der Waals surface area contributed by atoms with Gasteiger partial charge in [-0.1, -0.05) is 6.92 Å². The number of likely N-dealkylation sites (tertiary alicyclic amines) is 1. The van der Waals surface area contributed by atoms with E-state index in [4.69, 9.17) is 4.74 Å². The molecule has 0 aliphatic carbocycles. The van der Waals surface area contributed by atoms with Gasteiger partial charge in [0.1, 0.15) is 5.60 Å². The van der Waals surface area contributed by atoms with Crippen molar-refractivity contribution in [1.82, 2.24) is 20.0 Å². The lowest BCUT2D eigenvalue weighted by Gasteiger charge is -2.28. The molecule has 6 heteroatoms. The molecule has 0 radical (unpaired) electrons. The molecule has 6 nitrogen and oxygen atoms in total. The van der Waals surface area contributed by atoms with Gasteiger partial charge in [0.05, 0.1) is 6.20 Å². The first-order valence-corrected chi connectivity index (χ1v) is 8.28. The lowest BCUT2D eigenvalue weighted by Crippen LogP contribution is -2.39. The number of hydrogen-bond acceptors (Lipinski definition) is 4. The lowest BCUT2D eigenvalue weighted by molar-refractivity contribution is 0.0275. The van der Waals surface area contributed by atoms with Crippen LogP contribution in [0.25, 0.3) is 0 Å². The number of aryl methyl sites for hydroxylation is 1. The predicted octanol–water partition coefficient (Wildman–Crippen LogP) is 2.72. The van der Waals surface area contributed by atoms with Gasteiger partial charge in [-0.05, 0) is 39.5 Å². The zero-order valence-electron chi connectivity index (χ0n) is 15.2. The van der Waals surface area contributed by atoms with Gasteiger partial charge >= 0.3 is 6.09 Å².